The van der Waals surface area contributed by atoms with E-state index >= 15 is 0 Å². The van der Waals surface area contributed by atoms with Crippen LogP contribution >= 0.6 is 11.6 Å². The SMILES string of the molecule is O=C(O)c1ccc2c(c1)[N+](Cc1ccccc1Cl)(NO)C=C2. The Morgan fingerprint density at radius 2 is 2.00 bits per heavy atom. The average Bonchev–Trinajstić information content (AvgIpc) is 2.88. The standard InChI is InChI=1S/C16H13ClN2O3/c17-14-4-2-1-3-13(14)10-19(18-22)8-7-11-5-6-12(16(20)21)9-15(11)19/h1-9,18,22H,10H2/p+1. The molecule has 0 amide bonds. The maximum atomic E-state index is 11.2. The molecule has 0 radical (unpaired) electrons. The molecule has 0 spiro atoms. The van der Waals surface area contributed by atoms with Crippen LogP contribution in [0.15, 0.2) is 48.7 Å². The van der Waals surface area contributed by atoms with Gasteiger partial charge in [-0.25, -0.2) is 4.79 Å². The van der Waals surface area contributed by atoms with Gasteiger partial charge in [0.15, 0.2) is 5.69 Å². The quantitative estimate of drug-likeness (QED) is 0.597. The van der Waals surface area contributed by atoms with Gasteiger partial charge in [0.1, 0.15) is 12.7 Å². The normalized spacial score (nSPS) is 19.2. The lowest BCUT2D eigenvalue weighted by molar-refractivity contribution is 0.0162. The Morgan fingerprint density at radius 1 is 1.23 bits per heavy atom. The summed E-state index contributed by atoms with van der Waals surface area (Å²) in [5, 5.41) is 19.5. The molecule has 3 N–H and O–H groups in total. The second-order valence-corrected chi connectivity index (χ2v) is 5.52. The molecule has 1 unspecified atom stereocenters. The molecular formula is C16H14ClN2O3+. The first kappa shape index (κ1) is 14.7. The fourth-order valence-corrected chi connectivity index (χ4v) is 2.80. The van der Waals surface area contributed by atoms with E-state index in [1.54, 1.807) is 30.5 Å². The van der Waals surface area contributed by atoms with Crippen LogP contribution in [-0.2, 0) is 6.54 Å². The number of aromatic carboxylic acids is 1. The van der Waals surface area contributed by atoms with Gasteiger partial charge in [-0.1, -0.05) is 29.8 Å². The number of rotatable bonds is 4. The first-order valence-electron chi connectivity index (χ1n) is 6.65. The maximum absolute atomic E-state index is 11.2. The van der Waals surface area contributed by atoms with Crippen molar-refractivity contribution < 1.29 is 15.1 Å². The van der Waals surface area contributed by atoms with Gasteiger partial charge >= 0.3 is 5.97 Å². The number of fused-ring (bicyclic) bond motifs is 1. The Labute approximate surface area is 132 Å². The van der Waals surface area contributed by atoms with Gasteiger partial charge in [0.05, 0.1) is 5.56 Å². The van der Waals surface area contributed by atoms with E-state index in [2.05, 4.69) is 5.59 Å². The highest BCUT2D eigenvalue weighted by atomic mass is 35.5. The third-order valence-corrected chi connectivity index (χ3v) is 4.14. The summed E-state index contributed by atoms with van der Waals surface area (Å²) in [6, 6.07) is 12.2. The molecule has 0 bridgehead atoms. The number of carboxylic acid groups (broad SMARTS) is 1. The van der Waals surface area contributed by atoms with Crippen LogP contribution in [0.5, 0.6) is 0 Å². The van der Waals surface area contributed by atoms with Crippen LogP contribution in [0.25, 0.3) is 6.08 Å². The predicted octanol–water partition coefficient (Wildman–Crippen LogP) is 3.42. The molecule has 112 valence electrons. The fraction of sp³-hybridized carbons (Fsp3) is 0.0625. The summed E-state index contributed by atoms with van der Waals surface area (Å²) in [5.74, 6) is -1.01. The highest BCUT2D eigenvalue weighted by Crippen LogP contribution is 2.37. The lowest BCUT2D eigenvalue weighted by Gasteiger charge is -2.29. The maximum Gasteiger partial charge on any atom is 0.335 e. The summed E-state index contributed by atoms with van der Waals surface area (Å²) >= 11 is 6.19. The highest BCUT2D eigenvalue weighted by Gasteiger charge is 2.36. The molecule has 0 aromatic heterocycles. The number of nitrogens with one attached hydrogen (secondary N) is 1. The molecule has 1 atom stereocenters. The van der Waals surface area contributed by atoms with Crippen molar-refractivity contribution >= 4 is 29.3 Å². The smallest absolute Gasteiger partial charge is 0.335 e. The zero-order chi connectivity index (χ0) is 15.7. The summed E-state index contributed by atoms with van der Waals surface area (Å²) < 4.78 is -0.111. The molecule has 0 aliphatic carbocycles. The molecule has 1 aliphatic rings. The summed E-state index contributed by atoms with van der Waals surface area (Å²) in [6.45, 7) is 0.350. The minimum absolute atomic E-state index is 0.111. The van der Waals surface area contributed by atoms with Gasteiger partial charge in [-0.2, -0.15) is 4.59 Å². The predicted molar refractivity (Wildman–Crippen MR) is 84.3 cm³/mol. The zero-order valence-electron chi connectivity index (χ0n) is 11.5. The number of halogens is 1. The molecule has 2 aromatic rings. The van der Waals surface area contributed by atoms with Crippen molar-refractivity contribution in [1.82, 2.24) is 10.2 Å². The van der Waals surface area contributed by atoms with Gasteiger partial charge in [0.25, 0.3) is 0 Å². The van der Waals surface area contributed by atoms with Crippen molar-refractivity contribution in [3.8, 4) is 0 Å². The molecular weight excluding hydrogens is 304 g/mol. The third-order valence-electron chi connectivity index (χ3n) is 3.77. The lowest BCUT2D eigenvalue weighted by Crippen LogP contribution is -2.52. The van der Waals surface area contributed by atoms with E-state index in [0.29, 0.717) is 17.3 Å². The summed E-state index contributed by atoms with van der Waals surface area (Å²) in [7, 11) is 0. The molecule has 0 fully saturated rings. The minimum Gasteiger partial charge on any atom is -0.478 e. The van der Waals surface area contributed by atoms with E-state index in [9.17, 15) is 10.0 Å². The van der Waals surface area contributed by atoms with E-state index < -0.39 is 5.97 Å². The van der Waals surface area contributed by atoms with Crippen molar-refractivity contribution in [1.29, 1.82) is 0 Å². The largest absolute Gasteiger partial charge is 0.478 e. The van der Waals surface area contributed by atoms with E-state index in [1.807, 2.05) is 24.3 Å². The molecule has 3 rings (SSSR count). The Hall–Kier alpha value is -2.18. The number of quaternary nitrogens is 1. The Morgan fingerprint density at radius 3 is 2.68 bits per heavy atom. The number of hydrogen-bond acceptors (Lipinski definition) is 3. The van der Waals surface area contributed by atoms with Crippen molar-refractivity contribution in [3.63, 3.8) is 0 Å². The van der Waals surface area contributed by atoms with Gasteiger partial charge < -0.3 is 5.11 Å². The van der Waals surface area contributed by atoms with Gasteiger partial charge in [0.2, 0.25) is 0 Å². The number of hydrogen-bond donors (Lipinski definition) is 3. The van der Waals surface area contributed by atoms with Gasteiger partial charge in [-0.05, 0) is 23.8 Å². The van der Waals surface area contributed by atoms with Crippen LogP contribution in [0.3, 0.4) is 0 Å². The second kappa shape index (κ2) is 5.55. The topological polar surface area (TPSA) is 69.6 Å². The first-order chi connectivity index (χ1) is 10.6. The van der Waals surface area contributed by atoms with Crippen molar-refractivity contribution in [2.45, 2.75) is 6.54 Å². The van der Waals surface area contributed by atoms with Crippen LogP contribution in [0.1, 0.15) is 21.5 Å². The van der Waals surface area contributed by atoms with Crippen LogP contribution in [0, 0.1) is 0 Å². The van der Waals surface area contributed by atoms with Gasteiger partial charge in [0, 0.05) is 28.3 Å². The average molecular weight is 318 g/mol. The van der Waals surface area contributed by atoms with Crippen molar-refractivity contribution in [2.24, 2.45) is 0 Å². The van der Waals surface area contributed by atoms with Crippen LogP contribution < -0.4 is 10.2 Å². The summed E-state index contributed by atoms with van der Waals surface area (Å²) in [4.78, 5) is 11.2. The molecule has 1 heterocycles. The molecule has 22 heavy (non-hydrogen) atoms. The molecule has 5 nitrogen and oxygen atoms in total. The second-order valence-electron chi connectivity index (χ2n) is 5.11. The Bertz CT molecular complexity index is 776. The fourth-order valence-electron chi connectivity index (χ4n) is 2.61. The molecule has 0 saturated heterocycles. The third kappa shape index (κ3) is 2.40. The first-order valence-corrected chi connectivity index (χ1v) is 7.03. The van der Waals surface area contributed by atoms with Crippen molar-refractivity contribution in [3.05, 3.63) is 70.4 Å². The molecule has 1 aliphatic heterocycles. The Kier molecular flexibility index (Phi) is 3.72. The van der Waals surface area contributed by atoms with E-state index in [1.165, 1.54) is 0 Å². The molecule has 0 saturated carbocycles. The summed E-state index contributed by atoms with van der Waals surface area (Å²) in [6.07, 6.45) is 3.60. The number of nitrogens with zero attached hydrogens (tertiary/aromatic N) is 1. The molecule has 2 aromatic carbocycles. The monoisotopic (exact) mass is 317 g/mol. The molecule has 6 heteroatoms. The number of carboxylic acids is 1. The van der Waals surface area contributed by atoms with E-state index in [-0.39, 0.29) is 10.2 Å². The van der Waals surface area contributed by atoms with E-state index in [4.69, 9.17) is 16.7 Å². The van der Waals surface area contributed by atoms with Gasteiger partial charge in [-0.3, -0.25) is 5.21 Å². The van der Waals surface area contributed by atoms with Gasteiger partial charge in [-0.15, -0.1) is 0 Å². The summed E-state index contributed by atoms with van der Waals surface area (Å²) in [5.41, 5.74) is 4.78. The number of carbonyl (C=O) groups is 1. The minimum atomic E-state index is -1.01. The number of benzene rings is 2. The highest BCUT2D eigenvalue weighted by molar-refractivity contribution is 6.31. The van der Waals surface area contributed by atoms with Crippen LogP contribution in [-0.4, -0.2) is 16.3 Å². The van der Waals surface area contributed by atoms with E-state index in [0.717, 1.165) is 11.1 Å². The van der Waals surface area contributed by atoms with Crippen LogP contribution in [0.4, 0.5) is 5.69 Å². The van der Waals surface area contributed by atoms with Crippen LogP contribution in [0.2, 0.25) is 5.02 Å². The lowest BCUT2D eigenvalue weighted by atomic mass is 10.1. The Balaban J connectivity index is 2.07. The zero-order valence-corrected chi connectivity index (χ0v) is 12.3. The van der Waals surface area contributed by atoms with Crippen molar-refractivity contribution in [2.75, 3.05) is 0 Å².